The van der Waals surface area contributed by atoms with Crippen LogP contribution < -0.4 is 0 Å². The number of allylic oxidation sites excluding steroid dienone is 3. The Morgan fingerprint density at radius 3 is 2.33 bits per heavy atom. The second-order valence-electron chi connectivity index (χ2n) is 3.20. The van der Waals surface area contributed by atoms with Crippen molar-refractivity contribution in [2.45, 2.75) is 26.7 Å². The minimum Gasteiger partial charge on any atom is -0.263 e. The molecule has 0 amide bonds. The van der Waals surface area contributed by atoms with Crippen LogP contribution in [0, 0.1) is 0 Å². The van der Waals surface area contributed by atoms with Crippen LogP contribution in [0.1, 0.15) is 26.7 Å². The lowest BCUT2D eigenvalue weighted by molar-refractivity contribution is 0.689. The van der Waals surface area contributed by atoms with Gasteiger partial charge in [0.05, 0.1) is 0 Å². The zero-order chi connectivity index (χ0) is 9.19. The van der Waals surface area contributed by atoms with Crippen LogP contribution in [0.15, 0.2) is 22.6 Å². The van der Waals surface area contributed by atoms with Gasteiger partial charge in [0.25, 0.3) is 0 Å². The maximum Gasteiger partial charge on any atom is 0.00865 e. The molecule has 0 saturated carbocycles. The van der Waals surface area contributed by atoms with Crippen molar-refractivity contribution < 1.29 is 4.21 Å². The van der Waals surface area contributed by atoms with Gasteiger partial charge < -0.3 is 0 Å². The normalized spacial score (nSPS) is 28.9. The van der Waals surface area contributed by atoms with Crippen molar-refractivity contribution >= 4 is 14.9 Å². The Kier molecular flexibility index (Phi) is 2.78. The van der Waals surface area contributed by atoms with Gasteiger partial charge in [0.15, 0.2) is 0 Å². The van der Waals surface area contributed by atoms with Gasteiger partial charge in [0.2, 0.25) is 0 Å². The summed E-state index contributed by atoms with van der Waals surface area (Å²) >= 11 is 0. The summed E-state index contributed by atoms with van der Waals surface area (Å²) in [7, 11) is -1.81. The molecule has 0 fully saturated rings. The molecule has 1 aliphatic rings. The number of hydrogen-bond acceptors (Lipinski definition) is 1. The molecule has 2 heteroatoms. The predicted octanol–water partition coefficient (Wildman–Crippen LogP) is 2.35. The smallest absolute Gasteiger partial charge is 0.00865 e. The third kappa shape index (κ3) is 2.24. The third-order valence-corrected chi connectivity index (χ3v) is 3.50. The molecule has 1 unspecified atom stereocenters. The molecule has 1 aliphatic heterocycles. The maximum atomic E-state index is 11.8. The van der Waals surface area contributed by atoms with Crippen molar-refractivity contribution in [3.05, 3.63) is 22.6 Å². The molecule has 0 aromatic heterocycles. The van der Waals surface area contributed by atoms with Crippen LogP contribution in [-0.4, -0.2) is 15.8 Å². The van der Waals surface area contributed by atoms with Crippen molar-refractivity contribution in [1.29, 1.82) is 0 Å². The lowest BCUT2D eigenvalue weighted by atomic mass is 10.1. The highest BCUT2D eigenvalue weighted by Gasteiger charge is 2.05. The quantitative estimate of drug-likeness (QED) is 0.602. The van der Waals surface area contributed by atoms with E-state index in [0.29, 0.717) is 0 Å². The average molecular weight is 184 g/mol. The van der Waals surface area contributed by atoms with Crippen molar-refractivity contribution in [2.24, 2.45) is 0 Å². The molecule has 1 heterocycles. The number of rotatable bonds is 2. The molecule has 1 atom stereocenters. The Hall–Kier alpha value is -0.500. The van der Waals surface area contributed by atoms with E-state index in [9.17, 15) is 4.21 Å². The van der Waals surface area contributed by atoms with Crippen molar-refractivity contribution in [3.63, 3.8) is 0 Å². The molecule has 0 saturated heterocycles. The van der Waals surface area contributed by atoms with Crippen molar-refractivity contribution in [3.8, 4) is 0 Å². The molecule has 1 rings (SSSR count). The first-order valence-corrected chi connectivity index (χ1v) is 6.41. The van der Waals surface area contributed by atoms with Gasteiger partial charge in [-0.2, -0.15) is 0 Å². The largest absolute Gasteiger partial charge is 0.263 e. The van der Waals surface area contributed by atoms with E-state index in [1.807, 2.05) is 10.8 Å². The summed E-state index contributed by atoms with van der Waals surface area (Å²) in [5.41, 5.74) is 2.42. The summed E-state index contributed by atoms with van der Waals surface area (Å²) in [6.45, 7) is 4.19. The molecule has 0 spiro atoms. The molecule has 0 aromatic carbocycles. The zero-order valence-electron chi connectivity index (χ0n) is 7.96. The van der Waals surface area contributed by atoms with Gasteiger partial charge in [0, 0.05) is 6.26 Å². The van der Waals surface area contributed by atoms with Gasteiger partial charge in [0.1, 0.15) is 0 Å². The summed E-state index contributed by atoms with van der Waals surface area (Å²) in [5.74, 6) is 0. The predicted molar refractivity (Wildman–Crippen MR) is 56.9 cm³/mol. The Morgan fingerprint density at radius 1 is 1.25 bits per heavy atom. The van der Waals surface area contributed by atoms with E-state index in [-0.39, 0.29) is 0 Å². The van der Waals surface area contributed by atoms with Crippen molar-refractivity contribution in [2.75, 3.05) is 6.26 Å². The van der Waals surface area contributed by atoms with Crippen LogP contribution in [-0.2, 0) is 9.52 Å². The van der Waals surface area contributed by atoms with E-state index < -0.39 is 9.52 Å². The molecule has 1 nitrogen and oxygen atoms in total. The third-order valence-electron chi connectivity index (χ3n) is 1.96. The molecular weight excluding hydrogens is 168 g/mol. The Labute approximate surface area is 75.2 Å². The first-order chi connectivity index (χ1) is 5.57. The second-order valence-corrected chi connectivity index (χ2v) is 5.61. The van der Waals surface area contributed by atoms with Crippen LogP contribution in [0.4, 0.5) is 0 Å². The molecule has 0 aliphatic carbocycles. The van der Waals surface area contributed by atoms with Gasteiger partial charge in [-0.25, -0.2) is 0 Å². The van der Waals surface area contributed by atoms with Gasteiger partial charge in [-0.05, 0) is 44.3 Å². The molecule has 0 bridgehead atoms. The molecule has 0 aromatic rings. The summed E-state index contributed by atoms with van der Waals surface area (Å²) in [6, 6.07) is 0. The topological polar surface area (TPSA) is 17.1 Å². The minimum atomic E-state index is -1.81. The Balaban J connectivity index is 3.14. The van der Waals surface area contributed by atoms with Crippen LogP contribution in [0.5, 0.6) is 0 Å². The minimum absolute atomic E-state index is 0.974. The Bertz CT molecular complexity index is 334. The van der Waals surface area contributed by atoms with E-state index in [2.05, 4.69) is 19.9 Å². The average Bonchev–Trinajstić information content (AvgIpc) is 2.01. The summed E-state index contributed by atoms with van der Waals surface area (Å²) < 4.78 is 11.8. The second kappa shape index (κ2) is 3.48. The molecule has 68 valence electrons. The van der Waals surface area contributed by atoms with E-state index >= 15 is 0 Å². The van der Waals surface area contributed by atoms with E-state index in [1.165, 1.54) is 11.1 Å². The standard InChI is InChI=1S/C10H16OS/c1-4-9-6-10(5-2)8-12(3,11)7-9/h6-8H,4-5H2,1-3H3. The molecule has 12 heavy (non-hydrogen) atoms. The SMILES string of the molecule is CCC1=CC(CC)=CS(C)(=O)=C1. The van der Waals surface area contributed by atoms with E-state index in [1.54, 1.807) is 6.26 Å². The monoisotopic (exact) mass is 184 g/mol. The first-order valence-electron chi connectivity index (χ1n) is 4.32. The summed E-state index contributed by atoms with van der Waals surface area (Å²) in [5, 5.41) is 3.79. The lowest BCUT2D eigenvalue weighted by Crippen LogP contribution is -2.04. The fraction of sp³-hybridized carbons (Fsp3) is 0.500. The van der Waals surface area contributed by atoms with Gasteiger partial charge in [-0.3, -0.25) is 4.21 Å². The molecular formula is C10H16OS. The van der Waals surface area contributed by atoms with Gasteiger partial charge in [-0.15, -0.1) is 0 Å². The highest BCUT2D eigenvalue weighted by Crippen LogP contribution is 2.15. The molecule has 0 N–H and O–H groups in total. The van der Waals surface area contributed by atoms with Gasteiger partial charge in [-0.1, -0.05) is 19.9 Å². The van der Waals surface area contributed by atoms with Crippen LogP contribution in [0.3, 0.4) is 0 Å². The summed E-state index contributed by atoms with van der Waals surface area (Å²) in [4.78, 5) is 0. The summed E-state index contributed by atoms with van der Waals surface area (Å²) in [6.07, 6.45) is 5.89. The zero-order valence-corrected chi connectivity index (χ0v) is 8.78. The van der Waals surface area contributed by atoms with Crippen molar-refractivity contribution in [1.82, 2.24) is 0 Å². The fourth-order valence-corrected chi connectivity index (χ4v) is 3.05. The van der Waals surface area contributed by atoms with E-state index in [0.717, 1.165) is 12.8 Å². The highest BCUT2D eigenvalue weighted by atomic mass is 32.2. The first kappa shape index (κ1) is 9.59. The fourth-order valence-electron chi connectivity index (χ4n) is 1.31. The van der Waals surface area contributed by atoms with E-state index in [4.69, 9.17) is 0 Å². The van der Waals surface area contributed by atoms with Crippen LogP contribution >= 0.6 is 0 Å². The van der Waals surface area contributed by atoms with Gasteiger partial charge >= 0.3 is 0 Å². The lowest BCUT2D eigenvalue weighted by Gasteiger charge is -2.10. The van der Waals surface area contributed by atoms with Crippen LogP contribution in [0.25, 0.3) is 0 Å². The highest BCUT2D eigenvalue weighted by molar-refractivity contribution is 8.03. The van der Waals surface area contributed by atoms with Crippen LogP contribution in [0.2, 0.25) is 0 Å². The number of hydrogen-bond donors (Lipinski definition) is 0. The maximum absolute atomic E-state index is 11.8. The molecule has 0 radical (unpaired) electrons. The Morgan fingerprint density at radius 2 is 1.83 bits per heavy atom.